The number of rotatable bonds is 6. The van der Waals surface area contributed by atoms with Gasteiger partial charge in [0.05, 0.1) is 12.1 Å². The molecule has 10 nitrogen and oxygen atoms in total. The molecule has 2 heterocycles. The highest BCUT2D eigenvalue weighted by Gasteiger charge is 2.48. The van der Waals surface area contributed by atoms with Crippen LogP contribution in [-0.4, -0.2) is 73.4 Å². The number of carbonyl (C=O) groups is 3. The van der Waals surface area contributed by atoms with Crippen molar-refractivity contribution >= 4 is 29.3 Å². The molecule has 0 bridgehead atoms. The van der Waals surface area contributed by atoms with Crippen LogP contribution in [0.3, 0.4) is 0 Å². The van der Waals surface area contributed by atoms with E-state index < -0.39 is 42.6 Å². The Morgan fingerprint density at radius 3 is 2.31 bits per heavy atom. The number of carboxylic acid groups (broad SMARTS) is 1. The highest BCUT2D eigenvalue weighted by Crippen LogP contribution is 2.24. The molecule has 172 valence electrons. The number of ketones is 1. The highest BCUT2D eigenvalue weighted by atomic mass is 35.5. The minimum absolute atomic E-state index is 0.270. The van der Waals surface area contributed by atoms with Gasteiger partial charge in [0.15, 0.2) is 6.10 Å². The summed E-state index contributed by atoms with van der Waals surface area (Å²) in [6.45, 7) is 1.71. The van der Waals surface area contributed by atoms with Crippen LogP contribution < -0.4 is 0 Å². The lowest BCUT2D eigenvalue weighted by molar-refractivity contribution is -0.286. The van der Waals surface area contributed by atoms with Gasteiger partial charge in [-0.25, -0.2) is 4.79 Å². The molecule has 0 aliphatic carbocycles. The maximum atomic E-state index is 12.9. The molecular weight excluding hydrogens is 446 g/mol. The van der Waals surface area contributed by atoms with Gasteiger partial charge in [0.2, 0.25) is 12.1 Å². The zero-order chi connectivity index (χ0) is 23.7. The van der Waals surface area contributed by atoms with Crippen molar-refractivity contribution in [2.24, 2.45) is 7.05 Å². The van der Waals surface area contributed by atoms with Gasteiger partial charge in [0.25, 0.3) is 0 Å². The minimum atomic E-state index is -1.89. The van der Waals surface area contributed by atoms with Crippen molar-refractivity contribution in [2.75, 3.05) is 0 Å². The maximum Gasteiger partial charge on any atom is 0.335 e. The fourth-order valence-corrected chi connectivity index (χ4v) is 3.66. The van der Waals surface area contributed by atoms with Crippen molar-refractivity contribution in [1.29, 1.82) is 0 Å². The lowest BCUT2D eigenvalue weighted by atomic mass is 9.99. The Morgan fingerprint density at radius 1 is 1.09 bits per heavy atom. The van der Waals surface area contributed by atoms with Crippen molar-refractivity contribution in [3.05, 3.63) is 57.9 Å². The summed E-state index contributed by atoms with van der Waals surface area (Å²) in [6, 6.07) is 7.99. The van der Waals surface area contributed by atoms with Crippen molar-refractivity contribution in [1.82, 2.24) is 4.57 Å². The first kappa shape index (κ1) is 23.9. The van der Waals surface area contributed by atoms with Crippen LogP contribution in [0, 0.1) is 6.92 Å². The number of aliphatic hydroxyl groups excluding tert-OH is 3. The van der Waals surface area contributed by atoms with Crippen molar-refractivity contribution < 1.29 is 44.3 Å². The summed E-state index contributed by atoms with van der Waals surface area (Å²) >= 11 is 5.86. The largest absolute Gasteiger partial charge is 0.479 e. The number of aromatic nitrogens is 1. The normalized spacial score (nSPS) is 25.4. The van der Waals surface area contributed by atoms with E-state index >= 15 is 0 Å². The van der Waals surface area contributed by atoms with Crippen LogP contribution >= 0.6 is 11.6 Å². The van der Waals surface area contributed by atoms with E-state index in [4.69, 9.17) is 26.2 Å². The van der Waals surface area contributed by atoms with E-state index in [0.717, 1.165) is 0 Å². The van der Waals surface area contributed by atoms with Gasteiger partial charge in [-0.15, -0.1) is 0 Å². The smallest absolute Gasteiger partial charge is 0.335 e. The van der Waals surface area contributed by atoms with E-state index in [-0.39, 0.29) is 12.2 Å². The summed E-state index contributed by atoms with van der Waals surface area (Å²) in [6.07, 6.45) is -9.63. The number of carboxylic acids is 1. The van der Waals surface area contributed by atoms with Gasteiger partial charge in [0.1, 0.15) is 18.3 Å². The molecule has 1 aliphatic heterocycles. The number of aryl methyl sites for hydroxylation is 1. The molecule has 0 radical (unpaired) electrons. The third kappa shape index (κ3) is 4.69. The van der Waals surface area contributed by atoms with E-state index in [2.05, 4.69) is 0 Å². The second-order valence-corrected chi connectivity index (χ2v) is 7.90. The minimum Gasteiger partial charge on any atom is -0.479 e. The molecule has 1 aromatic carbocycles. The molecule has 32 heavy (non-hydrogen) atoms. The Bertz CT molecular complexity index is 1030. The first-order valence-corrected chi connectivity index (χ1v) is 9.96. The highest BCUT2D eigenvalue weighted by molar-refractivity contribution is 6.30. The Hall–Kier alpha value is -2.76. The zero-order valence-corrected chi connectivity index (χ0v) is 17.9. The van der Waals surface area contributed by atoms with Crippen molar-refractivity contribution in [3.8, 4) is 0 Å². The van der Waals surface area contributed by atoms with Crippen LogP contribution in [0.2, 0.25) is 5.02 Å². The molecular formula is C21H22ClNO9. The van der Waals surface area contributed by atoms with Crippen LogP contribution in [0.5, 0.6) is 0 Å². The first-order chi connectivity index (χ1) is 15.0. The molecule has 1 aliphatic rings. The number of aliphatic hydroxyl groups is 3. The third-order valence-electron chi connectivity index (χ3n) is 5.23. The molecule has 3 rings (SSSR count). The van der Waals surface area contributed by atoms with Gasteiger partial charge in [-0.1, -0.05) is 11.6 Å². The van der Waals surface area contributed by atoms with Gasteiger partial charge in [0, 0.05) is 23.3 Å². The molecule has 1 saturated heterocycles. The Balaban J connectivity index is 1.74. The number of esters is 1. The number of nitrogens with zero attached hydrogens (tertiary/aromatic N) is 1. The average Bonchev–Trinajstić information content (AvgIpc) is 3.01. The Morgan fingerprint density at radius 2 is 1.72 bits per heavy atom. The van der Waals surface area contributed by atoms with Gasteiger partial charge >= 0.3 is 11.9 Å². The summed E-state index contributed by atoms with van der Waals surface area (Å²) in [5.74, 6) is -2.76. The predicted octanol–water partition coefficient (Wildman–Crippen LogP) is 0.196. The van der Waals surface area contributed by atoms with E-state index in [9.17, 15) is 29.7 Å². The molecule has 0 saturated carbocycles. The Labute approximate surface area is 187 Å². The van der Waals surface area contributed by atoms with Crippen LogP contribution in [0.4, 0.5) is 0 Å². The zero-order valence-electron chi connectivity index (χ0n) is 17.1. The molecule has 1 fully saturated rings. The van der Waals surface area contributed by atoms with Gasteiger partial charge in [-0.05, 0) is 42.8 Å². The van der Waals surface area contributed by atoms with E-state index in [0.29, 0.717) is 27.5 Å². The summed E-state index contributed by atoms with van der Waals surface area (Å²) in [5, 5.41) is 39.1. The number of carbonyl (C=O) groups excluding carboxylic acids is 2. The molecule has 0 unspecified atom stereocenters. The second kappa shape index (κ2) is 9.39. The fourth-order valence-electron chi connectivity index (χ4n) is 3.53. The van der Waals surface area contributed by atoms with E-state index in [1.54, 1.807) is 44.3 Å². The quantitative estimate of drug-likeness (QED) is 0.344. The summed E-state index contributed by atoms with van der Waals surface area (Å²) < 4.78 is 11.5. The van der Waals surface area contributed by atoms with Crippen molar-refractivity contribution in [2.45, 2.75) is 44.1 Å². The van der Waals surface area contributed by atoms with E-state index in [1.807, 2.05) is 0 Å². The predicted molar refractivity (Wildman–Crippen MR) is 109 cm³/mol. The van der Waals surface area contributed by atoms with Gasteiger partial charge in [-0.2, -0.15) is 0 Å². The molecule has 1 aromatic heterocycles. The summed E-state index contributed by atoms with van der Waals surface area (Å²) in [4.78, 5) is 36.5. The second-order valence-electron chi connectivity index (χ2n) is 7.46. The molecule has 0 spiro atoms. The molecule has 5 atom stereocenters. The van der Waals surface area contributed by atoms with E-state index in [1.165, 1.54) is 4.57 Å². The Kier molecular flexibility index (Phi) is 7.01. The number of halogens is 1. The van der Waals surface area contributed by atoms with Crippen LogP contribution in [0.1, 0.15) is 27.3 Å². The lowest BCUT2D eigenvalue weighted by Crippen LogP contribution is -2.60. The first-order valence-electron chi connectivity index (χ1n) is 9.58. The molecule has 4 N–H and O–H groups in total. The molecule has 0 amide bonds. The third-order valence-corrected chi connectivity index (χ3v) is 5.48. The van der Waals surface area contributed by atoms with Gasteiger partial charge in [-0.3, -0.25) is 9.59 Å². The number of benzene rings is 1. The maximum absolute atomic E-state index is 12.9. The SMILES string of the molecule is Cc1cc(CC(=O)O[C@@H]2O[C@H](C(=O)O)[C@@H](O)[C@H](O)[C@H]2O)n(C)c1C(=O)c1ccc(Cl)cc1. The lowest BCUT2D eigenvalue weighted by Gasteiger charge is -2.37. The number of hydrogen-bond acceptors (Lipinski definition) is 8. The van der Waals surface area contributed by atoms with Gasteiger partial charge < -0.3 is 34.5 Å². The van der Waals surface area contributed by atoms with Crippen LogP contribution in [0.15, 0.2) is 30.3 Å². The fraction of sp³-hybridized carbons (Fsp3) is 0.381. The molecule has 2 aromatic rings. The van der Waals surface area contributed by atoms with Crippen LogP contribution in [0.25, 0.3) is 0 Å². The van der Waals surface area contributed by atoms with Crippen LogP contribution in [-0.2, 0) is 32.5 Å². The topological polar surface area (TPSA) is 156 Å². The standard InChI is InChI=1S/C21H22ClNO9/c1-9-7-12(23(2)14(9)15(25)10-3-5-11(22)6-4-10)8-13(24)31-21-18(28)16(26)17(27)19(32-21)20(29)30/h3-7,16-19,21,26-28H,8H2,1-2H3,(H,29,30)/t16-,17-,18+,19-,21+/m0/s1. The molecule has 11 heteroatoms. The average molecular weight is 468 g/mol. The monoisotopic (exact) mass is 467 g/mol. The number of ether oxygens (including phenoxy) is 2. The van der Waals surface area contributed by atoms with Crippen molar-refractivity contribution in [3.63, 3.8) is 0 Å². The number of hydrogen-bond donors (Lipinski definition) is 4. The summed E-state index contributed by atoms with van der Waals surface area (Å²) in [5.41, 5.74) is 1.81. The summed E-state index contributed by atoms with van der Waals surface area (Å²) in [7, 11) is 1.60. The number of aliphatic carboxylic acids is 1.